The van der Waals surface area contributed by atoms with Crippen LogP contribution < -0.4 is 10.1 Å². The Morgan fingerprint density at radius 1 is 1.26 bits per heavy atom. The Bertz CT molecular complexity index is 944. The summed E-state index contributed by atoms with van der Waals surface area (Å²) in [5.41, 5.74) is 0.328. The van der Waals surface area contributed by atoms with E-state index in [0.29, 0.717) is 11.3 Å². The summed E-state index contributed by atoms with van der Waals surface area (Å²) in [4.78, 5) is 15.9. The fourth-order valence-electron chi connectivity index (χ4n) is 2.37. The van der Waals surface area contributed by atoms with Gasteiger partial charge in [-0.1, -0.05) is 12.1 Å². The number of halogens is 2. The molecule has 0 saturated carbocycles. The first-order valence-electron chi connectivity index (χ1n) is 7.94. The van der Waals surface area contributed by atoms with E-state index in [-0.39, 0.29) is 18.1 Å². The number of methoxy groups -OCH3 is 1. The molecule has 0 spiro atoms. The van der Waals surface area contributed by atoms with Crippen molar-refractivity contribution in [3.05, 3.63) is 71.8 Å². The van der Waals surface area contributed by atoms with E-state index in [0.717, 1.165) is 18.2 Å². The predicted octanol–water partition coefficient (Wildman–Crippen LogP) is 2.55. The van der Waals surface area contributed by atoms with Crippen LogP contribution in [0.3, 0.4) is 0 Å². The van der Waals surface area contributed by atoms with Gasteiger partial charge in [-0.2, -0.15) is 0 Å². The van der Waals surface area contributed by atoms with Crippen LogP contribution in [0.5, 0.6) is 5.75 Å². The van der Waals surface area contributed by atoms with Gasteiger partial charge in [0.15, 0.2) is 0 Å². The lowest BCUT2D eigenvalue weighted by Crippen LogP contribution is -2.16. The van der Waals surface area contributed by atoms with Gasteiger partial charge in [-0.3, -0.25) is 4.79 Å². The molecule has 1 unspecified atom stereocenters. The van der Waals surface area contributed by atoms with Crippen LogP contribution >= 0.6 is 0 Å². The molecule has 1 amide bonds. The third-order valence-electron chi connectivity index (χ3n) is 3.78. The molecule has 1 heterocycles. The lowest BCUT2D eigenvalue weighted by Gasteiger charge is -2.11. The molecule has 0 fully saturated rings. The Kier molecular flexibility index (Phi) is 5.41. The number of aliphatic hydroxyl groups is 1. The van der Waals surface area contributed by atoms with E-state index in [1.165, 1.54) is 11.0 Å². The van der Waals surface area contributed by atoms with E-state index in [1.54, 1.807) is 31.4 Å². The average Bonchev–Trinajstić information content (AvgIpc) is 3.13. The number of carbonyl (C=O) groups is 1. The molecule has 1 atom stereocenters. The van der Waals surface area contributed by atoms with Crippen molar-refractivity contribution in [1.82, 2.24) is 14.8 Å². The van der Waals surface area contributed by atoms with Crippen molar-refractivity contribution in [2.24, 2.45) is 0 Å². The summed E-state index contributed by atoms with van der Waals surface area (Å²) >= 11 is 0. The van der Waals surface area contributed by atoms with Crippen LogP contribution in [0.4, 0.5) is 14.5 Å². The van der Waals surface area contributed by atoms with Crippen LogP contribution in [0.15, 0.2) is 48.8 Å². The second kappa shape index (κ2) is 7.92. The maximum absolute atomic E-state index is 13.6. The summed E-state index contributed by atoms with van der Waals surface area (Å²) in [6.07, 6.45) is 0.387. The first-order valence-corrected chi connectivity index (χ1v) is 7.94. The Morgan fingerprint density at radius 2 is 2.00 bits per heavy atom. The molecule has 0 saturated heterocycles. The molecule has 27 heavy (non-hydrogen) atoms. The maximum Gasteiger partial charge on any atom is 0.295 e. The minimum absolute atomic E-state index is 0.0565. The molecule has 7 nitrogen and oxygen atoms in total. The van der Waals surface area contributed by atoms with Crippen LogP contribution in [0, 0.1) is 11.6 Å². The van der Waals surface area contributed by atoms with Crippen LogP contribution in [0.25, 0.3) is 0 Å². The van der Waals surface area contributed by atoms with Gasteiger partial charge in [0.2, 0.25) is 5.82 Å². The third-order valence-corrected chi connectivity index (χ3v) is 3.78. The van der Waals surface area contributed by atoms with E-state index in [9.17, 15) is 18.7 Å². The fraction of sp³-hybridized carbons (Fsp3) is 0.167. The zero-order valence-electron chi connectivity index (χ0n) is 14.3. The van der Waals surface area contributed by atoms with Crippen LogP contribution in [0.2, 0.25) is 0 Å². The number of nitrogens with one attached hydrogen (secondary N) is 1. The SMILES string of the molecule is COc1ccc(C(O)Cn2cnc(C(=O)Nc3cc(F)ccc3F)n2)cc1. The highest BCUT2D eigenvalue weighted by atomic mass is 19.1. The molecule has 140 valence electrons. The summed E-state index contributed by atoms with van der Waals surface area (Å²) < 4.78 is 33.1. The fourth-order valence-corrected chi connectivity index (χ4v) is 2.37. The van der Waals surface area contributed by atoms with Gasteiger partial charge in [-0.25, -0.2) is 18.4 Å². The van der Waals surface area contributed by atoms with E-state index in [2.05, 4.69) is 15.4 Å². The number of nitrogens with zero attached hydrogens (tertiary/aromatic N) is 3. The lowest BCUT2D eigenvalue weighted by atomic mass is 10.1. The number of rotatable bonds is 6. The highest BCUT2D eigenvalue weighted by molar-refractivity contribution is 6.01. The molecular weight excluding hydrogens is 358 g/mol. The van der Waals surface area contributed by atoms with Gasteiger partial charge in [0, 0.05) is 6.07 Å². The summed E-state index contributed by atoms with van der Waals surface area (Å²) in [5.74, 6) is -1.83. The Morgan fingerprint density at radius 3 is 2.70 bits per heavy atom. The maximum atomic E-state index is 13.6. The molecule has 0 radical (unpaired) electrons. The number of aliphatic hydroxyl groups excluding tert-OH is 1. The number of ether oxygens (including phenoxy) is 1. The molecule has 1 aromatic heterocycles. The smallest absolute Gasteiger partial charge is 0.295 e. The standard InChI is InChI=1S/C18H16F2N4O3/c1-27-13-5-2-11(3-6-13)16(25)9-24-10-21-17(23-24)18(26)22-15-8-12(19)4-7-14(15)20/h2-8,10,16,25H,9H2,1H3,(H,22,26). The number of benzene rings is 2. The topological polar surface area (TPSA) is 89.3 Å². The zero-order chi connectivity index (χ0) is 19.4. The van der Waals surface area contributed by atoms with Crippen LogP contribution in [-0.2, 0) is 6.54 Å². The van der Waals surface area contributed by atoms with Crippen molar-refractivity contribution >= 4 is 11.6 Å². The quantitative estimate of drug-likeness (QED) is 0.692. The number of hydrogen-bond donors (Lipinski definition) is 2. The highest BCUT2D eigenvalue weighted by Gasteiger charge is 2.16. The van der Waals surface area contributed by atoms with Crippen molar-refractivity contribution < 1.29 is 23.4 Å². The molecule has 2 aromatic carbocycles. The molecule has 0 aliphatic carbocycles. The largest absolute Gasteiger partial charge is 0.497 e. The van der Waals surface area contributed by atoms with E-state index >= 15 is 0 Å². The molecule has 2 N–H and O–H groups in total. The van der Waals surface area contributed by atoms with Crippen molar-refractivity contribution in [3.8, 4) is 5.75 Å². The number of hydrogen-bond acceptors (Lipinski definition) is 5. The Balaban J connectivity index is 1.66. The van der Waals surface area contributed by atoms with Crippen molar-refractivity contribution in [2.45, 2.75) is 12.6 Å². The van der Waals surface area contributed by atoms with Crippen LogP contribution in [0.1, 0.15) is 22.3 Å². The lowest BCUT2D eigenvalue weighted by molar-refractivity contribution is 0.101. The summed E-state index contributed by atoms with van der Waals surface area (Å²) in [6.45, 7) is 0.0565. The summed E-state index contributed by atoms with van der Waals surface area (Å²) in [6, 6.07) is 9.55. The third kappa shape index (κ3) is 4.45. The van der Waals surface area contributed by atoms with Gasteiger partial charge in [0.1, 0.15) is 23.7 Å². The number of carbonyl (C=O) groups excluding carboxylic acids is 1. The summed E-state index contributed by atoms with van der Waals surface area (Å²) in [7, 11) is 1.54. The molecule has 3 aromatic rings. The molecule has 0 bridgehead atoms. The molecule has 9 heteroatoms. The van der Waals surface area contributed by atoms with E-state index in [4.69, 9.17) is 4.74 Å². The van der Waals surface area contributed by atoms with Gasteiger partial charge in [0.25, 0.3) is 5.91 Å². The minimum atomic E-state index is -0.880. The number of anilines is 1. The van der Waals surface area contributed by atoms with Gasteiger partial charge < -0.3 is 15.2 Å². The number of aromatic nitrogens is 3. The van der Waals surface area contributed by atoms with Crippen molar-refractivity contribution in [1.29, 1.82) is 0 Å². The van der Waals surface area contributed by atoms with Crippen LogP contribution in [-0.4, -0.2) is 32.9 Å². The van der Waals surface area contributed by atoms with Gasteiger partial charge in [-0.05, 0) is 29.8 Å². The molecule has 0 aliphatic heterocycles. The van der Waals surface area contributed by atoms with E-state index < -0.39 is 23.6 Å². The normalized spacial score (nSPS) is 11.9. The molecular formula is C18H16F2N4O3. The minimum Gasteiger partial charge on any atom is -0.497 e. The first kappa shape index (κ1) is 18.5. The summed E-state index contributed by atoms with van der Waals surface area (Å²) in [5, 5.41) is 16.4. The number of amides is 1. The molecule has 3 rings (SSSR count). The van der Waals surface area contributed by atoms with Crippen molar-refractivity contribution in [2.75, 3.05) is 12.4 Å². The van der Waals surface area contributed by atoms with Gasteiger partial charge in [-0.15, -0.1) is 5.10 Å². The average molecular weight is 374 g/mol. The van der Waals surface area contributed by atoms with Crippen molar-refractivity contribution in [3.63, 3.8) is 0 Å². The second-order valence-electron chi connectivity index (χ2n) is 5.66. The predicted molar refractivity (Wildman–Crippen MR) is 92.3 cm³/mol. The Hall–Kier alpha value is -3.33. The highest BCUT2D eigenvalue weighted by Crippen LogP contribution is 2.19. The molecule has 0 aliphatic rings. The van der Waals surface area contributed by atoms with Gasteiger partial charge in [0.05, 0.1) is 25.4 Å². The zero-order valence-corrected chi connectivity index (χ0v) is 14.3. The second-order valence-corrected chi connectivity index (χ2v) is 5.66. The van der Waals surface area contributed by atoms with E-state index in [1.807, 2.05) is 0 Å². The Labute approximate surface area is 153 Å². The monoisotopic (exact) mass is 374 g/mol. The first-order chi connectivity index (χ1) is 13.0. The van der Waals surface area contributed by atoms with Gasteiger partial charge >= 0.3 is 0 Å².